The van der Waals surface area contributed by atoms with Gasteiger partial charge in [-0.25, -0.2) is 4.79 Å². The van der Waals surface area contributed by atoms with E-state index in [2.05, 4.69) is 29.0 Å². The van der Waals surface area contributed by atoms with Crippen molar-refractivity contribution in [2.24, 2.45) is 0 Å². The van der Waals surface area contributed by atoms with Crippen molar-refractivity contribution in [3.63, 3.8) is 0 Å². The van der Waals surface area contributed by atoms with E-state index >= 15 is 0 Å². The molecule has 1 N–H and O–H groups in total. The van der Waals surface area contributed by atoms with Crippen molar-refractivity contribution in [1.82, 2.24) is 15.0 Å². The average Bonchev–Trinajstić information content (AvgIpc) is 3.23. The molecule has 0 saturated heterocycles. The number of amides is 1. The Balaban J connectivity index is 1.72. The molecule has 3 heterocycles. The summed E-state index contributed by atoms with van der Waals surface area (Å²) < 4.78 is 39.7. The molecule has 7 nitrogen and oxygen atoms in total. The topological polar surface area (TPSA) is 76.5 Å². The first-order valence-electron chi connectivity index (χ1n) is 11.5. The third kappa shape index (κ3) is 5.12. The number of alkyl halides is 3. The average molecular weight is 499 g/mol. The van der Waals surface area contributed by atoms with Crippen LogP contribution in [-0.2, 0) is 11.2 Å². The molecule has 10 heteroatoms. The van der Waals surface area contributed by atoms with Crippen molar-refractivity contribution in [1.29, 1.82) is 0 Å². The number of halogens is 3. The van der Waals surface area contributed by atoms with Crippen LogP contribution in [0.4, 0.5) is 18.9 Å². The number of nitrogens with zero attached hydrogens (tertiary/aromatic N) is 3. The summed E-state index contributed by atoms with van der Waals surface area (Å²) in [6.45, 7) is 6.07. The number of pyridine rings is 1. The number of carbonyl (C=O) groups excluding carboxylic acids is 2. The van der Waals surface area contributed by atoms with Crippen LogP contribution in [0.1, 0.15) is 41.2 Å². The van der Waals surface area contributed by atoms with E-state index in [0.29, 0.717) is 11.3 Å². The number of anilines is 1. The summed E-state index contributed by atoms with van der Waals surface area (Å²) in [5, 5.41) is 2.65. The predicted molar refractivity (Wildman–Crippen MR) is 130 cm³/mol. The molecule has 3 aromatic rings. The van der Waals surface area contributed by atoms with Crippen molar-refractivity contribution in [3.05, 3.63) is 71.2 Å². The van der Waals surface area contributed by atoms with Gasteiger partial charge in [0.05, 0.1) is 22.6 Å². The van der Waals surface area contributed by atoms with Crippen molar-refractivity contribution in [2.45, 2.75) is 26.4 Å². The SMILES string of the molecule is CCN(CC)c1ccccc1/C=C/c1cc(-c2cc3c(n2OC(=O)C(F)(F)F)CCNC3=O)ccn1. The highest BCUT2D eigenvalue weighted by Gasteiger charge is 2.43. The molecule has 2 aromatic heterocycles. The number of carbonyl (C=O) groups is 2. The fraction of sp³-hybridized carbons (Fsp3) is 0.269. The Kier molecular flexibility index (Phi) is 7.14. The van der Waals surface area contributed by atoms with Gasteiger partial charge in [-0.15, -0.1) is 0 Å². The minimum absolute atomic E-state index is 0.148. The van der Waals surface area contributed by atoms with Gasteiger partial charge in [0.25, 0.3) is 5.91 Å². The van der Waals surface area contributed by atoms with Gasteiger partial charge < -0.3 is 15.1 Å². The van der Waals surface area contributed by atoms with E-state index in [1.54, 1.807) is 18.2 Å². The lowest BCUT2D eigenvalue weighted by atomic mass is 10.1. The summed E-state index contributed by atoms with van der Waals surface area (Å²) in [4.78, 5) is 35.2. The van der Waals surface area contributed by atoms with E-state index in [4.69, 9.17) is 4.84 Å². The van der Waals surface area contributed by atoms with Crippen molar-refractivity contribution in [3.8, 4) is 11.3 Å². The van der Waals surface area contributed by atoms with E-state index in [9.17, 15) is 22.8 Å². The van der Waals surface area contributed by atoms with Crippen LogP contribution in [-0.4, -0.2) is 47.4 Å². The fourth-order valence-corrected chi connectivity index (χ4v) is 4.15. The Hall–Kier alpha value is -4.08. The Morgan fingerprint density at radius 2 is 1.92 bits per heavy atom. The van der Waals surface area contributed by atoms with Gasteiger partial charge in [-0.05, 0) is 49.8 Å². The Bertz CT molecular complexity index is 1310. The molecule has 0 bridgehead atoms. The van der Waals surface area contributed by atoms with Crippen molar-refractivity contribution >= 4 is 29.7 Å². The zero-order valence-electron chi connectivity index (χ0n) is 19.8. The van der Waals surface area contributed by atoms with E-state index in [0.717, 1.165) is 29.1 Å². The molecule has 0 atom stereocenters. The van der Waals surface area contributed by atoms with Gasteiger partial charge in [-0.1, -0.05) is 24.3 Å². The molecule has 0 aliphatic carbocycles. The van der Waals surface area contributed by atoms with Crippen LogP contribution >= 0.6 is 0 Å². The molecule has 0 spiro atoms. The number of rotatable bonds is 7. The second-order valence-electron chi connectivity index (χ2n) is 8.10. The maximum Gasteiger partial charge on any atom is 0.493 e. The summed E-state index contributed by atoms with van der Waals surface area (Å²) in [6, 6.07) is 12.6. The summed E-state index contributed by atoms with van der Waals surface area (Å²) in [7, 11) is 0. The van der Waals surface area contributed by atoms with E-state index in [1.165, 1.54) is 12.3 Å². The Morgan fingerprint density at radius 3 is 2.64 bits per heavy atom. The molecular formula is C26H25F3N4O3. The van der Waals surface area contributed by atoms with E-state index in [-0.39, 0.29) is 29.9 Å². The van der Waals surface area contributed by atoms with Crippen molar-refractivity contribution in [2.75, 3.05) is 24.5 Å². The number of benzene rings is 1. The second kappa shape index (κ2) is 10.3. The first-order valence-corrected chi connectivity index (χ1v) is 11.5. The molecule has 1 aliphatic rings. The van der Waals surface area contributed by atoms with Gasteiger partial charge in [0, 0.05) is 43.5 Å². The highest BCUT2D eigenvalue weighted by Crippen LogP contribution is 2.29. The molecular weight excluding hydrogens is 473 g/mol. The molecule has 1 amide bonds. The summed E-state index contributed by atoms with van der Waals surface area (Å²) >= 11 is 0. The Morgan fingerprint density at radius 1 is 1.17 bits per heavy atom. The number of fused-ring (bicyclic) bond motifs is 1. The molecule has 0 unspecified atom stereocenters. The third-order valence-corrected chi connectivity index (χ3v) is 5.90. The molecule has 188 valence electrons. The maximum absolute atomic E-state index is 13.0. The highest BCUT2D eigenvalue weighted by atomic mass is 19.4. The molecule has 0 saturated carbocycles. The quantitative estimate of drug-likeness (QED) is 0.524. The zero-order valence-corrected chi connectivity index (χ0v) is 19.8. The molecule has 0 fully saturated rings. The highest BCUT2D eigenvalue weighted by molar-refractivity contribution is 5.98. The third-order valence-electron chi connectivity index (χ3n) is 5.90. The lowest BCUT2D eigenvalue weighted by Crippen LogP contribution is -2.37. The molecule has 1 aliphatic heterocycles. The van der Waals surface area contributed by atoms with Crippen LogP contribution in [0.2, 0.25) is 0 Å². The van der Waals surface area contributed by atoms with Crippen LogP contribution in [0.3, 0.4) is 0 Å². The summed E-state index contributed by atoms with van der Waals surface area (Å²) in [5.41, 5.74) is 3.56. The molecule has 4 rings (SSSR count). The van der Waals surface area contributed by atoms with Gasteiger partial charge >= 0.3 is 12.1 Å². The first-order chi connectivity index (χ1) is 17.2. The van der Waals surface area contributed by atoms with Crippen LogP contribution in [0, 0.1) is 0 Å². The monoisotopic (exact) mass is 498 g/mol. The van der Waals surface area contributed by atoms with Gasteiger partial charge in [0.15, 0.2) is 0 Å². The second-order valence-corrected chi connectivity index (χ2v) is 8.10. The normalized spacial score (nSPS) is 13.4. The maximum atomic E-state index is 13.0. The standard InChI is InChI=1S/C26H25F3N4O3/c1-3-32(4-2)21-8-6-5-7-17(21)9-10-19-15-18(11-13-30-19)23-16-20-22(12-14-31-24(20)34)33(23)36-25(35)26(27,28)29/h5-11,13,15-16H,3-4,12,14H2,1-2H3,(H,31,34)/b10-9+. The van der Waals surface area contributed by atoms with E-state index < -0.39 is 18.1 Å². The fourth-order valence-electron chi connectivity index (χ4n) is 4.15. The van der Waals surface area contributed by atoms with Gasteiger partial charge in [-0.2, -0.15) is 17.9 Å². The zero-order chi connectivity index (χ0) is 25.9. The minimum atomic E-state index is -5.18. The van der Waals surface area contributed by atoms with Gasteiger partial charge in [0.2, 0.25) is 0 Å². The Labute approximate surface area is 206 Å². The lowest BCUT2D eigenvalue weighted by molar-refractivity contribution is -0.199. The smallest absolute Gasteiger partial charge is 0.372 e. The minimum Gasteiger partial charge on any atom is -0.372 e. The van der Waals surface area contributed by atoms with Gasteiger partial charge in [-0.3, -0.25) is 9.78 Å². The van der Waals surface area contributed by atoms with Crippen molar-refractivity contribution < 1.29 is 27.6 Å². The molecule has 0 radical (unpaired) electrons. The molecule has 1 aromatic carbocycles. The summed E-state index contributed by atoms with van der Waals surface area (Å²) in [6.07, 6.45) is 0.254. The first kappa shape index (κ1) is 25.0. The summed E-state index contributed by atoms with van der Waals surface area (Å²) in [5.74, 6) is -2.81. The van der Waals surface area contributed by atoms with E-state index in [1.807, 2.05) is 30.3 Å². The van der Waals surface area contributed by atoms with Crippen LogP contribution in [0.5, 0.6) is 0 Å². The number of para-hydroxylation sites is 1. The number of hydrogen-bond acceptors (Lipinski definition) is 5. The van der Waals surface area contributed by atoms with Gasteiger partial charge in [0.1, 0.15) is 0 Å². The predicted octanol–water partition coefficient (Wildman–Crippen LogP) is 4.37. The number of hydrogen-bond donors (Lipinski definition) is 1. The largest absolute Gasteiger partial charge is 0.493 e. The van der Waals surface area contributed by atoms with Crippen LogP contribution < -0.4 is 15.1 Å². The molecule has 36 heavy (non-hydrogen) atoms. The van der Waals surface area contributed by atoms with Crippen LogP contribution in [0.15, 0.2) is 48.7 Å². The number of nitrogens with one attached hydrogen (secondary N) is 1. The lowest BCUT2D eigenvalue weighted by Gasteiger charge is -2.23. The number of aromatic nitrogens is 2. The van der Waals surface area contributed by atoms with Crippen LogP contribution in [0.25, 0.3) is 23.4 Å².